The Hall–Kier alpha value is -7.69. The van der Waals surface area contributed by atoms with Crippen molar-refractivity contribution < 1.29 is 14.0 Å². The summed E-state index contributed by atoms with van der Waals surface area (Å²) in [7, 11) is 0. The molecule has 0 aliphatic heterocycles. The Labute approximate surface area is 339 Å². The summed E-state index contributed by atoms with van der Waals surface area (Å²) in [6.07, 6.45) is 0. The molecule has 2 heterocycles. The number of rotatable bonds is 6. The van der Waals surface area contributed by atoms with Crippen molar-refractivity contribution in [2.45, 2.75) is 0 Å². The Morgan fingerprint density at radius 2 is 0.912 bits per heavy atom. The molecule has 0 bridgehead atoms. The summed E-state index contributed by atoms with van der Waals surface area (Å²) >= 11 is 0. The van der Waals surface area contributed by atoms with E-state index in [0.29, 0.717) is 11.1 Å². The van der Waals surface area contributed by atoms with Crippen molar-refractivity contribution in [2.24, 2.45) is 0 Å². The number of hydrogen-bond acceptors (Lipinski definition) is 4. The molecular formula is C53H33N3O. The topological polar surface area (TPSA) is 51.8 Å². The molecule has 0 N–H and O–H groups in total. The molecular weight excluding hydrogens is 695 g/mol. The normalized spacial score (nSPS) is 13.2. The lowest BCUT2D eigenvalue weighted by Crippen LogP contribution is -2.00. The van der Waals surface area contributed by atoms with Crippen molar-refractivity contribution >= 4 is 43.5 Å². The lowest BCUT2D eigenvalue weighted by molar-refractivity contribution is 0.669. The second-order valence-corrected chi connectivity index (χ2v) is 13.9. The fraction of sp³-hybridized carbons (Fsp3) is 0. The van der Waals surface area contributed by atoms with Gasteiger partial charge < -0.3 is 4.42 Å². The van der Waals surface area contributed by atoms with Crippen molar-refractivity contribution in [1.82, 2.24) is 15.0 Å². The van der Waals surface area contributed by atoms with Gasteiger partial charge in [-0.2, -0.15) is 0 Å². The van der Waals surface area contributed by atoms with E-state index in [1.54, 1.807) is 0 Å². The first-order valence-electron chi connectivity index (χ1n) is 22.1. The minimum absolute atomic E-state index is 0.0216. The van der Waals surface area contributed by atoms with Gasteiger partial charge in [0.15, 0.2) is 17.5 Å². The maximum absolute atomic E-state index is 9.58. The van der Waals surface area contributed by atoms with Gasteiger partial charge in [0.1, 0.15) is 11.2 Å². The molecule has 0 amide bonds. The number of para-hydroxylation sites is 1. The van der Waals surface area contributed by atoms with Crippen LogP contribution in [0.3, 0.4) is 0 Å². The molecule has 11 aromatic rings. The Morgan fingerprint density at radius 1 is 0.351 bits per heavy atom. The first kappa shape index (κ1) is 26.2. The van der Waals surface area contributed by atoms with Gasteiger partial charge in [0.2, 0.25) is 0 Å². The molecule has 0 radical (unpaired) electrons. The smallest absolute Gasteiger partial charge is 0.164 e. The van der Waals surface area contributed by atoms with Crippen LogP contribution in [-0.4, -0.2) is 15.0 Å². The molecule has 4 heteroatoms. The zero-order valence-electron chi connectivity index (χ0n) is 37.3. The number of hydrogen-bond donors (Lipinski definition) is 0. The fourth-order valence-corrected chi connectivity index (χ4v) is 7.64. The molecule has 0 atom stereocenters. The van der Waals surface area contributed by atoms with Crippen molar-refractivity contribution in [2.75, 3.05) is 0 Å². The summed E-state index contributed by atoms with van der Waals surface area (Å²) in [6, 6.07) is 50.1. The van der Waals surface area contributed by atoms with Crippen LogP contribution < -0.4 is 0 Å². The minimum Gasteiger partial charge on any atom is -0.456 e. The number of fused-ring (bicyclic) bond motifs is 5. The molecule has 0 fully saturated rings. The van der Waals surface area contributed by atoms with E-state index in [1.807, 2.05) is 97.1 Å². The summed E-state index contributed by atoms with van der Waals surface area (Å²) in [5.74, 6) is 0.497. The first-order valence-corrected chi connectivity index (χ1v) is 18.6. The van der Waals surface area contributed by atoms with Gasteiger partial charge in [-0.25, -0.2) is 15.0 Å². The summed E-state index contributed by atoms with van der Waals surface area (Å²) in [4.78, 5) is 15.0. The summed E-state index contributed by atoms with van der Waals surface area (Å²) in [6.45, 7) is 0. The maximum Gasteiger partial charge on any atom is 0.164 e. The van der Waals surface area contributed by atoms with E-state index < -0.39 is 36.3 Å². The van der Waals surface area contributed by atoms with Gasteiger partial charge in [0.25, 0.3) is 0 Å². The second kappa shape index (κ2) is 13.6. The van der Waals surface area contributed by atoms with E-state index in [1.165, 1.54) is 0 Å². The first-order chi connectivity index (χ1) is 31.1. The van der Waals surface area contributed by atoms with Crippen LogP contribution in [-0.2, 0) is 0 Å². The summed E-state index contributed by atoms with van der Waals surface area (Å²) in [5.41, 5.74) is 6.88. The van der Waals surface area contributed by atoms with E-state index in [9.17, 15) is 2.74 Å². The predicted octanol–water partition coefficient (Wildman–Crippen LogP) is 14.1. The molecule has 0 aliphatic rings. The van der Waals surface area contributed by atoms with Crippen molar-refractivity contribution in [3.05, 3.63) is 200 Å². The predicted molar refractivity (Wildman–Crippen MR) is 235 cm³/mol. The number of nitrogens with zero attached hydrogens (tertiary/aromatic N) is 3. The van der Waals surface area contributed by atoms with Crippen LogP contribution in [0, 0.1) is 0 Å². The molecule has 0 saturated carbocycles. The summed E-state index contributed by atoms with van der Waals surface area (Å²) < 4.78 is 67.8. The third kappa shape index (κ3) is 5.92. The molecule has 0 saturated heterocycles. The zero-order valence-corrected chi connectivity index (χ0v) is 30.3. The van der Waals surface area contributed by atoms with E-state index in [2.05, 4.69) is 60.7 Å². The van der Waals surface area contributed by atoms with Crippen LogP contribution in [0.25, 0.3) is 111 Å². The quantitative estimate of drug-likeness (QED) is 0.171. The molecule has 11 rings (SSSR count). The Morgan fingerprint density at radius 3 is 1.68 bits per heavy atom. The third-order valence-electron chi connectivity index (χ3n) is 10.4. The van der Waals surface area contributed by atoms with Crippen molar-refractivity contribution in [3.8, 4) is 67.5 Å². The number of furan rings is 1. The van der Waals surface area contributed by atoms with E-state index in [0.717, 1.165) is 54.9 Å². The van der Waals surface area contributed by atoms with Crippen LogP contribution in [0.15, 0.2) is 204 Å². The maximum atomic E-state index is 9.58. The SMILES string of the molecule is [2H]c1c([2H])c([2H])c2c(oc3c([2H])c([2H])c(-c4nc(-c5cccc(-c6cccc7ccccc67)c5)nc(-c5cccc(-c6cc(-c7ccccc7)cc7ccccc67)c5)n4)c([2H])c32)c1[2H]. The molecule has 266 valence electrons. The van der Waals surface area contributed by atoms with Gasteiger partial charge in [0, 0.05) is 27.5 Å². The minimum atomic E-state index is -0.500. The fourth-order valence-electron chi connectivity index (χ4n) is 7.64. The highest BCUT2D eigenvalue weighted by Gasteiger charge is 2.17. The van der Waals surface area contributed by atoms with E-state index in [4.69, 9.17) is 26.2 Å². The highest BCUT2D eigenvalue weighted by atomic mass is 16.3. The van der Waals surface area contributed by atoms with Crippen LogP contribution in [0.2, 0.25) is 0 Å². The van der Waals surface area contributed by atoms with Crippen molar-refractivity contribution in [3.63, 3.8) is 0 Å². The van der Waals surface area contributed by atoms with Crippen LogP contribution in [0.5, 0.6) is 0 Å². The molecule has 0 unspecified atom stereocenters. The molecule has 2 aromatic heterocycles. The molecule has 57 heavy (non-hydrogen) atoms. The highest BCUT2D eigenvalue weighted by molar-refractivity contribution is 6.06. The van der Waals surface area contributed by atoms with Crippen molar-refractivity contribution in [1.29, 1.82) is 0 Å². The standard InChI is InChI=1S/C53H33N3O/c1-2-13-34(14-3-1)42-31-36-16-5-7-23-45(36)47(33-42)38-19-11-21-40(30-38)52-54-51(39-20-10-18-37(29-39)44-25-12-17-35-15-4-6-22-43(35)44)55-53(56-52)41-27-28-50-48(32-41)46-24-8-9-26-49(46)57-50/h1-33H/i8D,9D,24D,26D,27D,28D,32D. The lowest BCUT2D eigenvalue weighted by atomic mass is 9.92. The lowest BCUT2D eigenvalue weighted by Gasteiger charge is -2.13. The molecule has 0 aliphatic carbocycles. The number of aromatic nitrogens is 3. The van der Waals surface area contributed by atoms with E-state index in [-0.39, 0.29) is 51.0 Å². The second-order valence-electron chi connectivity index (χ2n) is 13.9. The van der Waals surface area contributed by atoms with Gasteiger partial charge >= 0.3 is 0 Å². The Balaban J connectivity index is 1.15. The number of benzene rings is 9. The van der Waals surface area contributed by atoms with Crippen LogP contribution >= 0.6 is 0 Å². The average Bonchev–Trinajstić information content (AvgIpc) is 3.76. The van der Waals surface area contributed by atoms with Gasteiger partial charge in [0.05, 0.1) is 9.60 Å². The molecule has 4 nitrogen and oxygen atoms in total. The Bertz CT molecular complexity index is 3720. The Kier molecular flexibility index (Phi) is 6.22. The van der Waals surface area contributed by atoms with Crippen LogP contribution in [0.1, 0.15) is 9.60 Å². The largest absolute Gasteiger partial charge is 0.456 e. The van der Waals surface area contributed by atoms with Gasteiger partial charge in [-0.05, 0) is 103 Å². The highest BCUT2D eigenvalue weighted by Crippen LogP contribution is 2.38. The van der Waals surface area contributed by atoms with Gasteiger partial charge in [-0.15, -0.1) is 0 Å². The molecule has 0 spiro atoms. The average molecular weight is 735 g/mol. The third-order valence-corrected chi connectivity index (χ3v) is 10.4. The van der Waals surface area contributed by atoms with E-state index >= 15 is 0 Å². The summed E-state index contributed by atoms with van der Waals surface area (Å²) in [5, 5.41) is 4.27. The molecule has 9 aromatic carbocycles. The van der Waals surface area contributed by atoms with Gasteiger partial charge in [-0.1, -0.05) is 152 Å². The monoisotopic (exact) mass is 734 g/mol. The van der Waals surface area contributed by atoms with Gasteiger partial charge in [-0.3, -0.25) is 0 Å². The zero-order chi connectivity index (χ0) is 43.8. The van der Waals surface area contributed by atoms with Crippen LogP contribution in [0.4, 0.5) is 0 Å².